The molecule has 66 valence electrons. The summed E-state index contributed by atoms with van der Waals surface area (Å²) < 4.78 is 0. The molecule has 1 aromatic rings. The van der Waals surface area contributed by atoms with Crippen LogP contribution >= 0.6 is 0 Å². The zero-order chi connectivity index (χ0) is 9.26. The molecular formula is C10H11N3. The van der Waals surface area contributed by atoms with Crippen LogP contribution < -0.4 is 5.73 Å². The molecule has 1 saturated carbocycles. The average molecular weight is 173 g/mol. The molecule has 0 saturated heterocycles. The first-order valence-electron chi connectivity index (χ1n) is 4.43. The number of hydrogen-bond donors (Lipinski definition) is 1. The highest BCUT2D eigenvalue weighted by Gasteiger charge is 2.30. The van der Waals surface area contributed by atoms with Gasteiger partial charge in [0.2, 0.25) is 0 Å². The highest BCUT2D eigenvalue weighted by Crippen LogP contribution is 2.38. The van der Waals surface area contributed by atoms with Gasteiger partial charge < -0.3 is 5.73 Å². The van der Waals surface area contributed by atoms with Gasteiger partial charge in [-0.05, 0) is 30.9 Å². The number of rotatable bonds is 2. The van der Waals surface area contributed by atoms with Gasteiger partial charge in [0.25, 0.3) is 0 Å². The minimum absolute atomic E-state index is 0.0216. The van der Waals surface area contributed by atoms with Crippen LogP contribution in [-0.4, -0.2) is 4.98 Å². The van der Waals surface area contributed by atoms with Crippen LogP contribution in [0.1, 0.15) is 30.1 Å². The normalized spacial score (nSPS) is 17.8. The van der Waals surface area contributed by atoms with Gasteiger partial charge in [-0.15, -0.1) is 0 Å². The van der Waals surface area contributed by atoms with Crippen molar-refractivity contribution in [2.45, 2.75) is 18.9 Å². The average Bonchev–Trinajstić information content (AvgIpc) is 3.00. The van der Waals surface area contributed by atoms with Crippen LogP contribution in [0.5, 0.6) is 0 Å². The first kappa shape index (κ1) is 8.21. The van der Waals surface area contributed by atoms with Crippen LogP contribution in [0.4, 0.5) is 0 Å². The molecular weight excluding hydrogens is 162 g/mol. The zero-order valence-electron chi connectivity index (χ0n) is 7.27. The van der Waals surface area contributed by atoms with E-state index in [1.807, 2.05) is 0 Å². The summed E-state index contributed by atoms with van der Waals surface area (Å²) in [6, 6.07) is 5.59. The van der Waals surface area contributed by atoms with Gasteiger partial charge in [0.1, 0.15) is 0 Å². The molecule has 1 aliphatic carbocycles. The van der Waals surface area contributed by atoms with Crippen molar-refractivity contribution in [1.29, 1.82) is 5.26 Å². The highest BCUT2D eigenvalue weighted by atomic mass is 14.8. The van der Waals surface area contributed by atoms with Gasteiger partial charge >= 0.3 is 0 Å². The Labute approximate surface area is 77.2 Å². The summed E-state index contributed by atoms with van der Waals surface area (Å²) in [6.07, 6.45) is 4.04. The van der Waals surface area contributed by atoms with E-state index in [0.29, 0.717) is 11.5 Å². The lowest BCUT2D eigenvalue weighted by atomic mass is 10.1. The van der Waals surface area contributed by atoms with Gasteiger partial charge in [-0.1, -0.05) is 0 Å². The standard InChI is InChI=1S/C10H11N3/c11-6-7-3-4-13-9(5-7)10(12)8-1-2-8/h3-5,8,10H,1-2,12H2. The molecule has 1 unspecified atom stereocenters. The van der Waals surface area contributed by atoms with Gasteiger partial charge in [-0.3, -0.25) is 4.98 Å². The lowest BCUT2D eigenvalue weighted by Gasteiger charge is -2.08. The van der Waals surface area contributed by atoms with Crippen LogP contribution in [0.25, 0.3) is 0 Å². The van der Waals surface area contributed by atoms with E-state index in [1.165, 1.54) is 12.8 Å². The Morgan fingerprint density at radius 3 is 3.00 bits per heavy atom. The van der Waals surface area contributed by atoms with Crippen molar-refractivity contribution in [2.24, 2.45) is 11.7 Å². The maximum atomic E-state index is 8.68. The fourth-order valence-electron chi connectivity index (χ4n) is 1.40. The molecule has 1 heterocycles. The van der Waals surface area contributed by atoms with E-state index >= 15 is 0 Å². The van der Waals surface area contributed by atoms with Crippen molar-refractivity contribution in [1.82, 2.24) is 4.98 Å². The first-order valence-corrected chi connectivity index (χ1v) is 4.43. The predicted molar refractivity (Wildman–Crippen MR) is 48.6 cm³/mol. The van der Waals surface area contributed by atoms with Crippen molar-refractivity contribution >= 4 is 0 Å². The van der Waals surface area contributed by atoms with Crippen molar-refractivity contribution in [3.05, 3.63) is 29.6 Å². The highest BCUT2D eigenvalue weighted by molar-refractivity contribution is 5.30. The van der Waals surface area contributed by atoms with E-state index in [2.05, 4.69) is 11.1 Å². The minimum Gasteiger partial charge on any atom is -0.322 e. The van der Waals surface area contributed by atoms with E-state index in [0.717, 1.165) is 5.69 Å². The van der Waals surface area contributed by atoms with E-state index in [4.69, 9.17) is 11.0 Å². The summed E-state index contributed by atoms with van der Waals surface area (Å²) in [5, 5.41) is 8.68. The van der Waals surface area contributed by atoms with E-state index < -0.39 is 0 Å². The molecule has 2 rings (SSSR count). The lowest BCUT2D eigenvalue weighted by Crippen LogP contribution is -2.13. The molecule has 1 aliphatic rings. The fourth-order valence-corrected chi connectivity index (χ4v) is 1.40. The second-order valence-corrected chi connectivity index (χ2v) is 3.44. The molecule has 0 spiro atoms. The van der Waals surface area contributed by atoms with Gasteiger partial charge in [0, 0.05) is 12.2 Å². The second kappa shape index (κ2) is 3.15. The van der Waals surface area contributed by atoms with E-state index in [-0.39, 0.29) is 6.04 Å². The summed E-state index contributed by atoms with van der Waals surface area (Å²) in [6.45, 7) is 0. The number of nitriles is 1. The van der Waals surface area contributed by atoms with Crippen molar-refractivity contribution in [2.75, 3.05) is 0 Å². The Kier molecular flexibility index (Phi) is 1.99. The Morgan fingerprint density at radius 1 is 1.62 bits per heavy atom. The summed E-state index contributed by atoms with van der Waals surface area (Å²) in [5.41, 5.74) is 7.44. The van der Waals surface area contributed by atoms with Gasteiger partial charge in [-0.25, -0.2) is 0 Å². The quantitative estimate of drug-likeness (QED) is 0.734. The van der Waals surface area contributed by atoms with Crippen LogP contribution in [0.15, 0.2) is 18.3 Å². The van der Waals surface area contributed by atoms with Crippen LogP contribution in [-0.2, 0) is 0 Å². The van der Waals surface area contributed by atoms with Gasteiger partial charge in [-0.2, -0.15) is 5.26 Å². The summed E-state index contributed by atoms with van der Waals surface area (Å²) >= 11 is 0. The van der Waals surface area contributed by atoms with Gasteiger partial charge in [0.15, 0.2) is 0 Å². The fraction of sp³-hybridized carbons (Fsp3) is 0.400. The predicted octanol–water partition coefficient (Wildman–Crippen LogP) is 1.36. The molecule has 13 heavy (non-hydrogen) atoms. The molecule has 0 aromatic carbocycles. The third-order valence-corrected chi connectivity index (χ3v) is 2.38. The largest absolute Gasteiger partial charge is 0.322 e. The molecule has 0 amide bonds. The maximum Gasteiger partial charge on any atom is 0.0992 e. The van der Waals surface area contributed by atoms with Crippen molar-refractivity contribution < 1.29 is 0 Å². The molecule has 3 heteroatoms. The Morgan fingerprint density at radius 2 is 2.38 bits per heavy atom. The summed E-state index contributed by atoms with van der Waals surface area (Å²) in [7, 11) is 0. The Balaban J connectivity index is 2.24. The summed E-state index contributed by atoms with van der Waals surface area (Å²) in [4.78, 5) is 4.17. The molecule has 0 aliphatic heterocycles. The number of hydrogen-bond acceptors (Lipinski definition) is 3. The van der Waals surface area contributed by atoms with Crippen LogP contribution in [0.3, 0.4) is 0 Å². The third-order valence-electron chi connectivity index (χ3n) is 2.38. The monoisotopic (exact) mass is 173 g/mol. The van der Waals surface area contributed by atoms with E-state index in [9.17, 15) is 0 Å². The topological polar surface area (TPSA) is 62.7 Å². The summed E-state index contributed by atoms with van der Waals surface area (Å²) in [5.74, 6) is 0.585. The Bertz CT molecular complexity index is 349. The Hall–Kier alpha value is -1.40. The lowest BCUT2D eigenvalue weighted by molar-refractivity contribution is 0.614. The first-order chi connectivity index (χ1) is 6.31. The minimum atomic E-state index is 0.0216. The molecule has 1 fully saturated rings. The molecule has 0 bridgehead atoms. The second-order valence-electron chi connectivity index (χ2n) is 3.44. The van der Waals surface area contributed by atoms with Gasteiger partial charge in [0.05, 0.1) is 17.3 Å². The number of nitrogens with zero attached hydrogens (tertiary/aromatic N) is 2. The van der Waals surface area contributed by atoms with Crippen LogP contribution in [0, 0.1) is 17.2 Å². The molecule has 2 N–H and O–H groups in total. The third kappa shape index (κ3) is 1.68. The maximum absolute atomic E-state index is 8.68. The molecule has 1 atom stereocenters. The number of nitrogens with two attached hydrogens (primary N) is 1. The zero-order valence-corrected chi connectivity index (χ0v) is 7.27. The molecule has 0 radical (unpaired) electrons. The van der Waals surface area contributed by atoms with Crippen molar-refractivity contribution in [3.8, 4) is 6.07 Å². The smallest absolute Gasteiger partial charge is 0.0992 e. The SMILES string of the molecule is N#Cc1ccnc(C(N)C2CC2)c1. The van der Waals surface area contributed by atoms with Crippen LogP contribution in [0.2, 0.25) is 0 Å². The molecule has 3 nitrogen and oxygen atoms in total. The molecule has 1 aromatic heterocycles. The number of aromatic nitrogens is 1. The van der Waals surface area contributed by atoms with Crippen molar-refractivity contribution in [3.63, 3.8) is 0 Å². The van der Waals surface area contributed by atoms with E-state index in [1.54, 1.807) is 18.3 Å². The number of pyridine rings is 1.